The molecule has 0 aromatic heterocycles. The number of nitrogens with one attached hydrogen (secondary N) is 1. The van der Waals surface area contributed by atoms with E-state index in [2.05, 4.69) is 23.4 Å². The Morgan fingerprint density at radius 3 is 3.00 bits per heavy atom. The Bertz CT molecular complexity index is 336. The van der Waals surface area contributed by atoms with E-state index in [4.69, 9.17) is 9.57 Å². The first-order chi connectivity index (χ1) is 8.18. The summed E-state index contributed by atoms with van der Waals surface area (Å²) in [5.74, 6) is 5.88. The van der Waals surface area contributed by atoms with Crippen LogP contribution in [0.3, 0.4) is 0 Å². The Hall–Kier alpha value is -1.47. The Morgan fingerprint density at radius 1 is 1.53 bits per heavy atom. The van der Waals surface area contributed by atoms with E-state index < -0.39 is 6.09 Å². The zero-order valence-corrected chi connectivity index (χ0v) is 10.4. The van der Waals surface area contributed by atoms with Crippen LogP contribution in [0.1, 0.15) is 39.5 Å². The molecule has 0 heterocycles. The summed E-state index contributed by atoms with van der Waals surface area (Å²) < 4.78 is 4.81. The summed E-state index contributed by atoms with van der Waals surface area (Å²) in [6, 6.07) is 0. The Morgan fingerprint density at radius 2 is 2.35 bits per heavy atom. The van der Waals surface area contributed by atoms with Crippen LogP contribution in [-0.2, 0) is 9.57 Å². The fourth-order valence-corrected chi connectivity index (χ4v) is 1.47. The monoisotopic (exact) mass is 237 g/mol. The first kappa shape index (κ1) is 13.6. The van der Waals surface area contributed by atoms with Crippen molar-refractivity contribution in [3.05, 3.63) is 11.6 Å². The van der Waals surface area contributed by atoms with E-state index in [9.17, 15) is 4.79 Å². The summed E-state index contributed by atoms with van der Waals surface area (Å²) in [5.41, 5.74) is 3.34. The minimum Gasteiger partial charge on any atom is -0.445 e. The molecule has 4 nitrogen and oxygen atoms in total. The van der Waals surface area contributed by atoms with Crippen molar-refractivity contribution < 1.29 is 14.4 Å². The maximum absolute atomic E-state index is 11.0. The van der Waals surface area contributed by atoms with Gasteiger partial charge in [0, 0.05) is 0 Å². The number of ether oxygens (including phenoxy) is 1. The molecule has 0 bridgehead atoms. The van der Waals surface area contributed by atoms with Crippen LogP contribution in [0, 0.1) is 11.8 Å². The summed E-state index contributed by atoms with van der Waals surface area (Å²) in [7, 11) is 0. The molecule has 0 atom stereocenters. The van der Waals surface area contributed by atoms with E-state index in [1.165, 1.54) is 18.4 Å². The minimum absolute atomic E-state index is 0.155. The van der Waals surface area contributed by atoms with Gasteiger partial charge in [0.05, 0.1) is 6.10 Å². The molecule has 0 aromatic carbocycles. The molecule has 0 unspecified atom stereocenters. The molecule has 0 spiro atoms. The molecule has 0 fully saturated rings. The second-order valence-corrected chi connectivity index (χ2v) is 4.12. The number of amides is 1. The van der Waals surface area contributed by atoms with Crippen LogP contribution in [0.5, 0.6) is 0 Å². The molecule has 0 saturated heterocycles. The van der Waals surface area contributed by atoms with Crippen LogP contribution in [0.2, 0.25) is 0 Å². The molecule has 0 radical (unpaired) electrons. The van der Waals surface area contributed by atoms with Gasteiger partial charge < -0.3 is 4.74 Å². The van der Waals surface area contributed by atoms with Crippen LogP contribution < -0.4 is 5.48 Å². The predicted molar refractivity (Wildman–Crippen MR) is 65.0 cm³/mol. The number of allylic oxidation sites excluding steroid dienone is 2. The van der Waals surface area contributed by atoms with Gasteiger partial charge in [-0.1, -0.05) is 17.9 Å². The highest BCUT2D eigenvalue weighted by Crippen LogP contribution is 2.15. The van der Waals surface area contributed by atoms with Crippen molar-refractivity contribution in [1.29, 1.82) is 0 Å². The Kier molecular flexibility index (Phi) is 6.19. The maximum atomic E-state index is 11.0. The highest BCUT2D eigenvalue weighted by atomic mass is 16.7. The second-order valence-electron chi connectivity index (χ2n) is 4.12. The smallest absolute Gasteiger partial charge is 0.431 e. The lowest BCUT2D eigenvalue weighted by molar-refractivity contribution is 0.0317. The van der Waals surface area contributed by atoms with Crippen molar-refractivity contribution >= 4 is 6.09 Å². The van der Waals surface area contributed by atoms with E-state index in [1.807, 2.05) is 0 Å². The molecule has 4 heteroatoms. The van der Waals surface area contributed by atoms with Crippen molar-refractivity contribution in [3.8, 4) is 11.8 Å². The van der Waals surface area contributed by atoms with Gasteiger partial charge in [-0.2, -0.15) is 5.48 Å². The van der Waals surface area contributed by atoms with Crippen molar-refractivity contribution in [3.63, 3.8) is 0 Å². The number of carbonyl (C=O) groups is 1. The standard InChI is InChI=1S/C13H19NO3/c1-11(2)17-13(15)14-16-10-6-9-12-7-4-3-5-8-12/h7,11H,3-5,8,10H2,1-2H3,(H,14,15). The predicted octanol–water partition coefficient (Wildman–Crippen LogP) is 2.56. The summed E-state index contributed by atoms with van der Waals surface area (Å²) >= 11 is 0. The van der Waals surface area contributed by atoms with Gasteiger partial charge in [-0.25, -0.2) is 4.79 Å². The minimum atomic E-state index is -0.585. The first-order valence-corrected chi connectivity index (χ1v) is 5.95. The SMILES string of the molecule is CC(C)OC(=O)NOCC#CC1=CCCCC1. The van der Waals surface area contributed by atoms with Gasteiger partial charge in [0.1, 0.15) is 6.61 Å². The molecule has 94 valence electrons. The van der Waals surface area contributed by atoms with E-state index in [0.29, 0.717) is 0 Å². The quantitative estimate of drug-likeness (QED) is 0.466. The summed E-state index contributed by atoms with van der Waals surface area (Å²) in [4.78, 5) is 15.9. The lowest BCUT2D eigenvalue weighted by Crippen LogP contribution is -2.27. The number of carbonyl (C=O) groups excluding carboxylic acids is 1. The largest absolute Gasteiger partial charge is 0.445 e. The van der Waals surface area contributed by atoms with Gasteiger partial charge in [-0.05, 0) is 45.1 Å². The molecule has 1 rings (SSSR count). The molecule has 1 aliphatic carbocycles. The molecule has 0 saturated carbocycles. The zero-order valence-electron chi connectivity index (χ0n) is 10.4. The summed E-state index contributed by atoms with van der Waals surface area (Å²) in [5, 5.41) is 0. The van der Waals surface area contributed by atoms with Gasteiger partial charge in [0.2, 0.25) is 0 Å². The van der Waals surface area contributed by atoms with E-state index in [1.54, 1.807) is 13.8 Å². The summed E-state index contributed by atoms with van der Waals surface area (Å²) in [6.07, 6.45) is 6.05. The zero-order chi connectivity index (χ0) is 12.5. The molecule has 1 aliphatic rings. The average molecular weight is 237 g/mol. The molecule has 0 aromatic rings. The molecule has 1 N–H and O–H groups in total. The van der Waals surface area contributed by atoms with Crippen molar-refractivity contribution in [1.82, 2.24) is 5.48 Å². The molecule has 17 heavy (non-hydrogen) atoms. The van der Waals surface area contributed by atoms with E-state index in [0.717, 1.165) is 12.8 Å². The maximum Gasteiger partial charge on any atom is 0.431 e. The van der Waals surface area contributed by atoms with Crippen molar-refractivity contribution in [2.75, 3.05) is 6.61 Å². The van der Waals surface area contributed by atoms with Crippen molar-refractivity contribution in [2.24, 2.45) is 0 Å². The lowest BCUT2D eigenvalue weighted by atomic mass is 10.0. The number of hydroxylamine groups is 1. The second kappa shape index (κ2) is 7.75. The third-order valence-corrected chi connectivity index (χ3v) is 2.18. The average Bonchev–Trinajstić information content (AvgIpc) is 2.29. The van der Waals surface area contributed by atoms with E-state index >= 15 is 0 Å². The molecular weight excluding hydrogens is 218 g/mol. The van der Waals surface area contributed by atoms with E-state index in [-0.39, 0.29) is 12.7 Å². The van der Waals surface area contributed by atoms with Crippen molar-refractivity contribution in [2.45, 2.75) is 45.6 Å². The Balaban J connectivity index is 2.13. The number of hydrogen-bond donors (Lipinski definition) is 1. The van der Waals surface area contributed by atoms with Crippen LogP contribution in [0.25, 0.3) is 0 Å². The van der Waals surface area contributed by atoms with Crippen LogP contribution in [0.4, 0.5) is 4.79 Å². The first-order valence-electron chi connectivity index (χ1n) is 5.95. The highest BCUT2D eigenvalue weighted by Gasteiger charge is 2.03. The summed E-state index contributed by atoms with van der Waals surface area (Å²) in [6.45, 7) is 3.72. The van der Waals surface area contributed by atoms with Crippen LogP contribution in [0.15, 0.2) is 11.6 Å². The lowest BCUT2D eigenvalue weighted by Gasteiger charge is -2.08. The van der Waals surface area contributed by atoms with Crippen LogP contribution in [-0.4, -0.2) is 18.8 Å². The third-order valence-electron chi connectivity index (χ3n) is 2.18. The third kappa shape index (κ3) is 6.64. The fraction of sp³-hybridized carbons (Fsp3) is 0.615. The highest BCUT2D eigenvalue weighted by molar-refractivity contribution is 5.65. The molecular formula is C13H19NO3. The van der Waals surface area contributed by atoms with Crippen LogP contribution >= 0.6 is 0 Å². The van der Waals surface area contributed by atoms with Gasteiger partial charge in [-0.15, -0.1) is 0 Å². The molecule has 1 amide bonds. The normalized spacial score (nSPS) is 14.6. The fourth-order valence-electron chi connectivity index (χ4n) is 1.47. The topological polar surface area (TPSA) is 47.6 Å². The number of rotatable bonds is 3. The van der Waals surface area contributed by atoms with Gasteiger partial charge in [0.15, 0.2) is 0 Å². The van der Waals surface area contributed by atoms with Gasteiger partial charge >= 0.3 is 6.09 Å². The van der Waals surface area contributed by atoms with Gasteiger partial charge in [-0.3, -0.25) is 4.84 Å². The van der Waals surface area contributed by atoms with Gasteiger partial charge in [0.25, 0.3) is 0 Å². The number of hydrogen-bond acceptors (Lipinski definition) is 3. The Labute approximate surface area is 102 Å². The molecule has 0 aliphatic heterocycles.